The first-order valence-electron chi connectivity index (χ1n) is 7.31. The summed E-state index contributed by atoms with van der Waals surface area (Å²) in [5.74, 6) is -1.26. The Labute approximate surface area is 117 Å². The molecule has 2 aliphatic carbocycles. The Balaban J connectivity index is 1.74. The van der Waals surface area contributed by atoms with Crippen molar-refractivity contribution in [2.24, 2.45) is 5.92 Å². The van der Waals surface area contributed by atoms with Gasteiger partial charge < -0.3 is 0 Å². The Kier molecular flexibility index (Phi) is 3.59. The highest BCUT2D eigenvalue weighted by molar-refractivity contribution is 5.99. The van der Waals surface area contributed by atoms with Crippen molar-refractivity contribution in [3.05, 3.63) is 35.4 Å². The van der Waals surface area contributed by atoms with Crippen LogP contribution in [-0.2, 0) is 0 Å². The minimum atomic E-state index is -0.955. The highest BCUT2D eigenvalue weighted by Gasteiger charge is 2.38. The van der Waals surface area contributed by atoms with Crippen LogP contribution in [0.5, 0.6) is 0 Å². The number of hydrogen-bond acceptors (Lipinski definition) is 2. The molecule has 0 bridgehead atoms. The third-order valence-corrected chi connectivity index (χ3v) is 4.26. The maximum Gasteiger partial charge on any atom is 0.179 e. The molecule has 3 rings (SSSR count). The second-order valence-corrected chi connectivity index (χ2v) is 6.04. The number of carbonyl (C=O) groups is 1. The molecular weight excluding hydrogens is 260 g/mol. The van der Waals surface area contributed by atoms with E-state index in [0.29, 0.717) is 6.04 Å². The predicted octanol–water partition coefficient (Wildman–Crippen LogP) is 3.41. The molecule has 1 unspecified atom stereocenters. The highest BCUT2D eigenvalue weighted by atomic mass is 19.2. The van der Waals surface area contributed by atoms with Crippen molar-refractivity contribution in [3.8, 4) is 0 Å². The Bertz CT molecular complexity index is 523. The molecule has 0 aromatic heterocycles. The molecule has 0 N–H and O–H groups in total. The van der Waals surface area contributed by atoms with Crippen molar-refractivity contribution >= 4 is 5.78 Å². The van der Waals surface area contributed by atoms with Crippen LogP contribution in [-0.4, -0.2) is 29.3 Å². The second-order valence-electron chi connectivity index (χ2n) is 6.04. The van der Waals surface area contributed by atoms with Crippen molar-refractivity contribution in [2.75, 3.05) is 6.54 Å². The number of Topliss-reactive ketones (excluding diaryl/α,β-unsaturated/α-hetero) is 1. The molecule has 2 fully saturated rings. The van der Waals surface area contributed by atoms with E-state index in [1.54, 1.807) is 0 Å². The summed E-state index contributed by atoms with van der Waals surface area (Å²) < 4.78 is 26.2. The van der Waals surface area contributed by atoms with Gasteiger partial charge in [-0.25, -0.2) is 8.78 Å². The lowest BCUT2D eigenvalue weighted by atomic mass is 10.0. The molecular formula is C16H19F2NO. The zero-order valence-electron chi connectivity index (χ0n) is 11.6. The van der Waals surface area contributed by atoms with E-state index in [9.17, 15) is 13.6 Å². The summed E-state index contributed by atoms with van der Waals surface area (Å²) in [5.41, 5.74) is 0.262. The average Bonchev–Trinajstić information content (AvgIpc) is 3.29. The number of ketones is 1. The predicted molar refractivity (Wildman–Crippen MR) is 72.6 cm³/mol. The molecule has 108 valence electrons. The standard InChI is InChI=1S/C16H19F2NO/c1-10(19(13-5-6-13)9-11-2-3-11)16(20)12-4-7-14(17)15(18)8-12/h4,7-8,10-11,13H,2-3,5-6,9H2,1H3. The van der Waals surface area contributed by atoms with Crippen molar-refractivity contribution in [2.45, 2.75) is 44.7 Å². The quantitative estimate of drug-likeness (QED) is 0.744. The van der Waals surface area contributed by atoms with Crippen LogP contribution in [0.2, 0.25) is 0 Å². The van der Waals surface area contributed by atoms with Crippen molar-refractivity contribution in [3.63, 3.8) is 0 Å². The van der Waals surface area contributed by atoms with Gasteiger partial charge in [-0.15, -0.1) is 0 Å². The maximum atomic E-state index is 13.3. The van der Waals surface area contributed by atoms with Gasteiger partial charge in [0, 0.05) is 18.2 Å². The van der Waals surface area contributed by atoms with Gasteiger partial charge >= 0.3 is 0 Å². The van der Waals surface area contributed by atoms with E-state index < -0.39 is 11.6 Å². The highest BCUT2D eigenvalue weighted by Crippen LogP contribution is 2.36. The first-order valence-corrected chi connectivity index (χ1v) is 7.31. The van der Waals surface area contributed by atoms with Gasteiger partial charge in [-0.3, -0.25) is 9.69 Å². The third-order valence-electron chi connectivity index (χ3n) is 4.26. The molecule has 0 saturated heterocycles. The van der Waals surface area contributed by atoms with Crippen LogP contribution >= 0.6 is 0 Å². The fraction of sp³-hybridized carbons (Fsp3) is 0.562. The molecule has 0 amide bonds. The molecule has 1 atom stereocenters. The average molecular weight is 279 g/mol. The number of benzene rings is 1. The molecule has 0 heterocycles. The maximum absolute atomic E-state index is 13.3. The number of nitrogens with zero attached hydrogens (tertiary/aromatic N) is 1. The van der Waals surface area contributed by atoms with E-state index in [4.69, 9.17) is 0 Å². The fourth-order valence-corrected chi connectivity index (χ4v) is 2.67. The van der Waals surface area contributed by atoms with Gasteiger partial charge in [0.05, 0.1) is 6.04 Å². The molecule has 0 aliphatic heterocycles. The van der Waals surface area contributed by atoms with Crippen LogP contribution in [0.1, 0.15) is 43.0 Å². The van der Waals surface area contributed by atoms with Crippen molar-refractivity contribution in [1.29, 1.82) is 0 Å². The van der Waals surface area contributed by atoms with E-state index in [2.05, 4.69) is 4.90 Å². The van der Waals surface area contributed by atoms with Gasteiger partial charge in [-0.2, -0.15) is 0 Å². The zero-order chi connectivity index (χ0) is 14.3. The van der Waals surface area contributed by atoms with Gasteiger partial charge in [-0.1, -0.05) is 0 Å². The van der Waals surface area contributed by atoms with Gasteiger partial charge in [0.1, 0.15) is 0 Å². The number of carbonyl (C=O) groups excluding carboxylic acids is 1. The molecule has 0 spiro atoms. The SMILES string of the molecule is CC(C(=O)c1ccc(F)c(F)c1)N(CC1CC1)C1CC1. The summed E-state index contributed by atoms with van der Waals surface area (Å²) in [5, 5.41) is 0. The van der Waals surface area contributed by atoms with E-state index >= 15 is 0 Å². The topological polar surface area (TPSA) is 20.3 Å². The number of rotatable bonds is 6. The summed E-state index contributed by atoms with van der Waals surface area (Å²) >= 11 is 0. The number of hydrogen-bond donors (Lipinski definition) is 0. The molecule has 2 nitrogen and oxygen atoms in total. The largest absolute Gasteiger partial charge is 0.292 e. The van der Waals surface area contributed by atoms with Gasteiger partial charge in [0.15, 0.2) is 17.4 Å². The number of halogens is 2. The lowest BCUT2D eigenvalue weighted by Crippen LogP contribution is -2.42. The van der Waals surface area contributed by atoms with Crippen LogP contribution in [0.3, 0.4) is 0 Å². The lowest BCUT2D eigenvalue weighted by molar-refractivity contribution is 0.0818. The molecule has 1 aromatic rings. The van der Waals surface area contributed by atoms with Gasteiger partial charge in [0.25, 0.3) is 0 Å². The van der Waals surface area contributed by atoms with Crippen molar-refractivity contribution < 1.29 is 13.6 Å². The minimum Gasteiger partial charge on any atom is -0.292 e. The zero-order valence-corrected chi connectivity index (χ0v) is 11.6. The first kappa shape index (κ1) is 13.7. The lowest BCUT2D eigenvalue weighted by Gasteiger charge is -2.28. The fourth-order valence-electron chi connectivity index (χ4n) is 2.67. The Morgan fingerprint density at radius 2 is 1.95 bits per heavy atom. The van der Waals surface area contributed by atoms with Crippen LogP contribution in [0.4, 0.5) is 8.78 Å². The molecule has 1 aromatic carbocycles. The normalized spacial score (nSPS) is 20.2. The van der Waals surface area contributed by atoms with Crippen LogP contribution < -0.4 is 0 Å². The van der Waals surface area contributed by atoms with E-state index in [1.807, 2.05) is 6.92 Å². The minimum absolute atomic E-state index is 0.114. The molecule has 0 radical (unpaired) electrons. The summed E-state index contributed by atoms with van der Waals surface area (Å²) in [6.45, 7) is 2.84. The smallest absolute Gasteiger partial charge is 0.179 e. The van der Waals surface area contributed by atoms with E-state index in [-0.39, 0.29) is 17.4 Å². The van der Waals surface area contributed by atoms with E-state index in [1.165, 1.54) is 18.9 Å². The summed E-state index contributed by atoms with van der Waals surface area (Å²) in [6.07, 6.45) is 4.77. The van der Waals surface area contributed by atoms with Crippen molar-refractivity contribution in [1.82, 2.24) is 4.90 Å². The first-order chi connectivity index (χ1) is 9.56. The Morgan fingerprint density at radius 1 is 1.25 bits per heavy atom. The summed E-state index contributed by atoms with van der Waals surface area (Å²) in [7, 11) is 0. The van der Waals surface area contributed by atoms with E-state index in [0.717, 1.165) is 37.4 Å². The second kappa shape index (κ2) is 5.24. The molecule has 4 heteroatoms. The third kappa shape index (κ3) is 2.90. The van der Waals surface area contributed by atoms with Crippen LogP contribution in [0, 0.1) is 17.6 Å². The molecule has 2 saturated carbocycles. The Hall–Kier alpha value is -1.29. The van der Waals surface area contributed by atoms with Crippen LogP contribution in [0.15, 0.2) is 18.2 Å². The molecule has 2 aliphatic rings. The van der Waals surface area contributed by atoms with Gasteiger partial charge in [-0.05, 0) is 56.7 Å². The van der Waals surface area contributed by atoms with Gasteiger partial charge in [0.2, 0.25) is 0 Å². The Morgan fingerprint density at radius 3 is 2.50 bits per heavy atom. The summed E-state index contributed by atoms with van der Waals surface area (Å²) in [4.78, 5) is 14.7. The summed E-state index contributed by atoms with van der Waals surface area (Å²) in [6, 6.07) is 3.65. The monoisotopic (exact) mass is 279 g/mol. The molecule has 20 heavy (non-hydrogen) atoms. The van der Waals surface area contributed by atoms with Crippen LogP contribution in [0.25, 0.3) is 0 Å².